The van der Waals surface area contributed by atoms with Gasteiger partial charge in [-0.1, -0.05) is 11.6 Å². The van der Waals surface area contributed by atoms with Gasteiger partial charge in [0.15, 0.2) is 5.96 Å². The van der Waals surface area contributed by atoms with Crippen LogP contribution in [0.15, 0.2) is 29.3 Å². The predicted octanol–water partition coefficient (Wildman–Crippen LogP) is 2.14. The van der Waals surface area contributed by atoms with Gasteiger partial charge in [-0.25, -0.2) is 4.99 Å². The molecule has 134 valence electrons. The molecule has 0 spiro atoms. The molecule has 1 unspecified atom stereocenters. The molecule has 0 bridgehead atoms. The molecule has 0 saturated carbocycles. The van der Waals surface area contributed by atoms with E-state index in [1.165, 1.54) is 0 Å². The SMILES string of the molecule is CCNC(=NCC(C)Oc1ccc(Cl)cc1)NCCC(=O)N(C)C. The summed E-state index contributed by atoms with van der Waals surface area (Å²) in [6, 6.07) is 7.25. The number of carbonyl (C=O) groups is 1. The molecule has 6 nitrogen and oxygen atoms in total. The minimum absolute atomic E-state index is 0.0787. The first-order valence-electron chi connectivity index (χ1n) is 8.07. The molecule has 1 aromatic carbocycles. The van der Waals surface area contributed by atoms with Gasteiger partial charge >= 0.3 is 0 Å². The largest absolute Gasteiger partial charge is 0.489 e. The summed E-state index contributed by atoms with van der Waals surface area (Å²) in [4.78, 5) is 17.6. The highest BCUT2D eigenvalue weighted by Crippen LogP contribution is 2.16. The van der Waals surface area contributed by atoms with E-state index in [1.807, 2.05) is 26.0 Å². The number of hydrogen-bond donors (Lipinski definition) is 2. The van der Waals surface area contributed by atoms with Crippen LogP contribution in [0.3, 0.4) is 0 Å². The number of benzene rings is 1. The summed E-state index contributed by atoms with van der Waals surface area (Å²) in [5.41, 5.74) is 0. The summed E-state index contributed by atoms with van der Waals surface area (Å²) >= 11 is 5.85. The van der Waals surface area contributed by atoms with Crippen LogP contribution < -0.4 is 15.4 Å². The highest BCUT2D eigenvalue weighted by molar-refractivity contribution is 6.30. The van der Waals surface area contributed by atoms with Gasteiger partial charge in [-0.05, 0) is 38.1 Å². The fourth-order valence-electron chi connectivity index (χ4n) is 1.86. The minimum atomic E-state index is -0.0787. The molecule has 2 N–H and O–H groups in total. The van der Waals surface area contributed by atoms with Crippen molar-refractivity contribution < 1.29 is 9.53 Å². The highest BCUT2D eigenvalue weighted by atomic mass is 35.5. The summed E-state index contributed by atoms with van der Waals surface area (Å²) in [6.07, 6.45) is 0.346. The molecule has 24 heavy (non-hydrogen) atoms. The Morgan fingerprint density at radius 1 is 1.29 bits per heavy atom. The Morgan fingerprint density at radius 3 is 2.54 bits per heavy atom. The predicted molar refractivity (Wildman–Crippen MR) is 98.8 cm³/mol. The van der Waals surface area contributed by atoms with Crippen molar-refractivity contribution in [1.82, 2.24) is 15.5 Å². The molecular weight excluding hydrogens is 328 g/mol. The average Bonchev–Trinajstić information content (AvgIpc) is 2.54. The van der Waals surface area contributed by atoms with Crippen molar-refractivity contribution in [3.05, 3.63) is 29.3 Å². The number of guanidine groups is 1. The third-order valence-corrected chi connectivity index (χ3v) is 3.38. The van der Waals surface area contributed by atoms with Gasteiger partial charge in [0.1, 0.15) is 11.9 Å². The van der Waals surface area contributed by atoms with Crippen molar-refractivity contribution in [3.63, 3.8) is 0 Å². The molecule has 0 heterocycles. The van der Waals surface area contributed by atoms with Crippen molar-refractivity contribution in [3.8, 4) is 5.75 Å². The molecule has 0 aromatic heterocycles. The number of ether oxygens (including phenoxy) is 1. The number of nitrogens with one attached hydrogen (secondary N) is 2. The smallest absolute Gasteiger partial charge is 0.223 e. The maximum atomic E-state index is 11.6. The number of amides is 1. The zero-order valence-corrected chi connectivity index (χ0v) is 15.6. The monoisotopic (exact) mass is 354 g/mol. The molecule has 1 amide bonds. The van der Waals surface area contributed by atoms with Gasteiger partial charge in [0.05, 0.1) is 6.54 Å². The van der Waals surface area contributed by atoms with Gasteiger partial charge in [0.25, 0.3) is 0 Å². The maximum Gasteiger partial charge on any atom is 0.223 e. The van der Waals surface area contributed by atoms with E-state index in [0.717, 1.165) is 12.3 Å². The topological polar surface area (TPSA) is 66.0 Å². The van der Waals surface area contributed by atoms with Gasteiger partial charge in [-0.3, -0.25) is 4.79 Å². The zero-order chi connectivity index (χ0) is 17.9. The number of halogens is 1. The lowest BCUT2D eigenvalue weighted by Crippen LogP contribution is -2.39. The van der Waals surface area contributed by atoms with Gasteiger partial charge < -0.3 is 20.3 Å². The minimum Gasteiger partial charge on any atom is -0.489 e. The van der Waals surface area contributed by atoms with Crippen molar-refractivity contribution in [1.29, 1.82) is 0 Å². The number of rotatable bonds is 8. The van der Waals surface area contributed by atoms with Crippen LogP contribution >= 0.6 is 11.6 Å². The molecule has 0 aliphatic heterocycles. The molecule has 0 saturated heterocycles. The Bertz CT molecular complexity index is 532. The summed E-state index contributed by atoms with van der Waals surface area (Å²) in [5, 5.41) is 6.98. The third kappa shape index (κ3) is 8.06. The second-order valence-electron chi connectivity index (χ2n) is 5.57. The molecule has 1 aromatic rings. The molecule has 7 heteroatoms. The second-order valence-corrected chi connectivity index (χ2v) is 6.00. The standard InChI is InChI=1S/C17H27ClN4O2/c1-5-19-17(20-11-10-16(23)22(3)4)21-12-13(2)24-15-8-6-14(18)7-9-15/h6-9,13H,5,10-12H2,1-4H3,(H2,19,20,21). The summed E-state index contributed by atoms with van der Waals surface area (Å²) in [6.45, 7) is 5.74. The Labute approximate surface area is 149 Å². The van der Waals surface area contributed by atoms with Crippen LogP contribution in [-0.4, -0.2) is 56.6 Å². The molecule has 0 aliphatic carbocycles. The zero-order valence-electron chi connectivity index (χ0n) is 14.8. The van der Waals surface area contributed by atoms with Crippen molar-refractivity contribution in [2.24, 2.45) is 4.99 Å². The van der Waals surface area contributed by atoms with Gasteiger partial charge in [0, 0.05) is 38.6 Å². The van der Waals surface area contributed by atoms with E-state index in [0.29, 0.717) is 30.5 Å². The molecule has 0 aliphatic rings. The molecule has 0 radical (unpaired) electrons. The summed E-state index contributed by atoms with van der Waals surface area (Å²) in [5.74, 6) is 1.52. The van der Waals surface area contributed by atoms with E-state index < -0.39 is 0 Å². The van der Waals surface area contributed by atoms with E-state index in [1.54, 1.807) is 31.1 Å². The van der Waals surface area contributed by atoms with Gasteiger partial charge in [-0.15, -0.1) is 0 Å². The van der Waals surface area contributed by atoms with Crippen LogP contribution in [0, 0.1) is 0 Å². The Morgan fingerprint density at radius 2 is 1.96 bits per heavy atom. The van der Waals surface area contributed by atoms with Crippen LogP contribution in [0.4, 0.5) is 0 Å². The molecule has 1 atom stereocenters. The van der Waals surface area contributed by atoms with Crippen LogP contribution in [0.2, 0.25) is 5.02 Å². The normalized spacial score (nSPS) is 12.5. The van der Waals surface area contributed by atoms with Crippen LogP contribution in [-0.2, 0) is 4.79 Å². The lowest BCUT2D eigenvalue weighted by Gasteiger charge is -2.16. The van der Waals surface area contributed by atoms with Gasteiger partial charge in [-0.2, -0.15) is 0 Å². The molecular formula is C17H27ClN4O2. The maximum absolute atomic E-state index is 11.6. The quantitative estimate of drug-likeness (QED) is 0.554. The molecule has 0 fully saturated rings. The van der Waals surface area contributed by atoms with Gasteiger partial charge in [0.2, 0.25) is 5.91 Å². The Balaban J connectivity index is 2.45. The first-order chi connectivity index (χ1) is 11.4. The van der Waals surface area contributed by atoms with E-state index in [2.05, 4.69) is 15.6 Å². The van der Waals surface area contributed by atoms with Crippen LogP contribution in [0.25, 0.3) is 0 Å². The van der Waals surface area contributed by atoms with E-state index in [4.69, 9.17) is 16.3 Å². The molecule has 1 rings (SSSR count). The van der Waals surface area contributed by atoms with Crippen molar-refractivity contribution >= 4 is 23.5 Å². The second kappa shape index (κ2) is 10.8. The fourth-order valence-corrected chi connectivity index (χ4v) is 1.98. The van der Waals surface area contributed by atoms with Crippen molar-refractivity contribution in [2.45, 2.75) is 26.4 Å². The number of hydrogen-bond acceptors (Lipinski definition) is 3. The number of carbonyl (C=O) groups excluding carboxylic acids is 1. The Hall–Kier alpha value is -1.95. The first kappa shape index (κ1) is 20.1. The van der Waals surface area contributed by atoms with E-state index >= 15 is 0 Å². The van der Waals surface area contributed by atoms with E-state index in [9.17, 15) is 4.79 Å². The van der Waals surface area contributed by atoms with Crippen LogP contribution in [0.5, 0.6) is 5.75 Å². The van der Waals surface area contributed by atoms with Crippen molar-refractivity contribution in [2.75, 3.05) is 33.7 Å². The lowest BCUT2D eigenvalue weighted by atomic mass is 10.3. The Kier molecular flexibility index (Phi) is 9.01. The third-order valence-electron chi connectivity index (χ3n) is 3.13. The fraction of sp³-hybridized carbons (Fsp3) is 0.529. The summed E-state index contributed by atoms with van der Waals surface area (Å²) in [7, 11) is 3.49. The van der Waals surface area contributed by atoms with E-state index in [-0.39, 0.29) is 12.0 Å². The average molecular weight is 355 g/mol. The number of nitrogens with zero attached hydrogens (tertiary/aromatic N) is 2. The highest BCUT2D eigenvalue weighted by Gasteiger charge is 2.06. The van der Waals surface area contributed by atoms with Crippen LogP contribution in [0.1, 0.15) is 20.3 Å². The number of aliphatic imine (C=N–C) groups is 1. The lowest BCUT2D eigenvalue weighted by molar-refractivity contribution is -0.128. The first-order valence-corrected chi connectivity index (χ1v) is 8.44. The summed E-state index contributed by atoms with van der Waals surface area (Å²) < 4.78 is 5.79.